The minimum Gasteiger partial charge on any atom is -0.693 e. The highest BCUT2D eigenvalue weighted by molar-refractivity contribution is 7.84. The Bertz CT molecular complexity index is 303. The Morgan fingerprint density at radius 2 is 1.56 bits per heavy atom. The van der Waals surface area contributed by atoms with Crippen LogP contribution < -0.4 is 4.72 Å². The van der Waals surface area contributed by atoms with E-state index in [2.05, 4.69) is 4.74 Å². The molecule has 0 aromatic carbocycles. The molecule has 0 spiro atoms. The van der Waals surface area contributed by atoms with Crippen molar-refractivity contribution in [3.05, 3.63) is 6.15 Å². The first-order valence-corrected chi connectivity index (χ1v) is 6.30. The number of nitrogens with two attached hydrogens (primary N) is 1. The molecule has 0 aliphatic carbocycles. The van der Waals surface area contributed by atoms with Gasteiger partial charge < -0.3 is 10.9 Å². The zero-order valence-corrected chi connectivity index (χ0v) is 11.0. The summed E-state index contributed by atoms with van der Waals surface area (Å²) < 4.78 is 29.7. The molecule has 0 saturated heterocycles. The van der Waals surface area contributed by atoms with Gasteiger partial charge in [-0.15, -0.1) is 0 Å². The highest BCUT2D eigenvalue weighted by Gasteiger charge is 2.38. The summed E-state index contributed by atoms with van der Waals surface area (Å²) in [5.41, 5.74) is 0. The van der Waals surface area contributed by atoms with Gasteiger partial charge in [0.15, 0.2) is 0 Å². The van der Waals surface area contributed by atoms with Crippen LogP contribution in [-0.2, 0) is 14.9 Å². The van der Waals surface area contributed by atoms with Crippen LogP contribution in [0.25, 0.3) is 6.15 Å². The van der Waals surface area contributed by atoms with E-state index in [4.69, 9.17) is 0 Å². The number of rotatable bonds is 5. The standard InChI is InChI=1S/C8H18N2O4S.H2N/c1-5-10(6-2,7-3)15(12,13)9-8(11)14-4;/h5-7H2,1-4H3;1H2/q;-1/p+1. The number of carbonyl (C=O) groups excluding carboxylic acids is 1. The lowest BCUT2D eigenvalue weighted by Gasteiger charge is -2.32. The van der Waals surface area contributed by atoms with E-state index in [1.54, 1.807) is 20.8 Å². The van der Waals surface area contributed by atoms with Gasteiger partial charge >= 0.3 is 16.3 Å². The van der Waals surface area contributed by atoms with Crippen molar-refractivity contribution in [2.45, 2.75) is 20.8 Å². The van der Waals surface area contributed by atoms with Gasteiger partial charge in [-0.1, -0.05) is 0 Å². The predicted octanol–water partition coefficient (Wildman–Crippen LogP) is 1.18. The Labute approximate surface area is 97.1 Å². The van der Waals surface area contributed by atoms with Gasteiger partial charge in [0.1, 0.15) is 0 Å². The highest BCUT2D eigenvalue weighted by Crippen LogP contribution is 2.12. The maximum absolute atomic E-state index is 11.9. The van der Waals surface area contributed by atoms with E-state index in [1.165, 1.54) is 0 Å². The van der Waals surface area contributed by atoms with Crippen LogP contribution in [0.5, 0.6) is 0 Å². The fraction of sp³-hybridized carbons (Fsp3) is 0.875. The molecule has 0 unspecified atom stereocenters. The number of quaternary nitrogens is 1. The van der Waals surface area contributed by atoms with Crippen molar-refractivity contribution in [2.24, 2.45) is 0 Å². The largest absolute Gasteiger partial charge is 0.693 e. The lowest BCUT2D eigenvalue weighted by atomic mass is 10.5. The fourth-order valence-corrected chi connectivity index (χ4v) is 2.93. The Hall–Kier alpha value is -0.860. The second kappa shape index (κ2) is 6.66. The number of amides is 1. The zero-order chi connectivity index (χ0) is 12.1. The maximum atomic E-state index is 11.9. The van der Waals surface area contributed by atoms with Crippen LogP contribution in [0.3, 0.4) is 0 Å². The number of hydrogen-bond donors (Lipinski definition) is 1. The molecule has 0 radical (unpaired) electrons. The molecular weight excluding hydrogens is 234 g/mol. The zero-order valence-electron chi connectivity index (χ0n) is 10.2. The molecule has 16 heavy (non-hydrogen) atoms. The summed E-state index contributed by atoms with van der Waals surface area (Å²) in [7, 11) is -2.60. The SMILES string of the molecule is CC[N+](CC)(CC)S(=O)(=O)NC(=O)OC.[NH2-]. The molecule has 0 saturated carbocycles. The molecule has 8 heteroatoms. The molecule has 0 rings (SSSR count). The topological polar surface area (TPSA) is 106 Å². The van der Waals surface area contributed by atoms with Crippen molar-refractivity contribution in [3.8, 4) is 0 Å². The first-order chi connectivity index (χ1) is 6.89. The summed E-state index contributed by atoms with van der Waals surface area (Å²) in [6, 6.07) is 0. The molecule has 0 aliphatic heterocycles. The summed E-state index contributed by atoms with van der Waals surface area (Å²) in [5.74, 6) is 0. The molecule has 1 amide bonds. The number of nitrogens with one attached hydrogen (secondary N) is 1. The average Bonchev–Trinajstić information content (AvgIpc) is 2.20. The minimum atomic E-state index is -3.73. The van der Waals surface area contributed by atoms with Crippen molar-refractivity contribution in [3.63, 3.8) is 0 Å². The fourth-order valence-electron chi connectivity index (χ4n) is 1.42. The van der Waals surface area contributed by atoms with E-state index < -0.39 is 16.3 Å². The third-order valence-electron chi connectivity index (χ3n) is 2.64. The quantitative estimate of drug-likeness (QED) is 0.744. The monoisotopic (exact) mass is 255 g/mol. The van der Waals surface area contributed by atoms with Crippen molar-refractivity contribution in [2.75, 3.05) is 26.7 Å². The van der Waals surface area contributed by atoms with Crippen LogP contribution in [0.1, 0.15) is 20.8 Å². The number of nitrogens with zero attached hydrogens (tertiary/aromatic N) is 1. The van der Waals surface area contributed by atoms with E-state index in [1.807, 2.05) is 4.72 Å². The number of ether oxygens (including phenoxy) is 1. The van der Waals surface area contributed by atoms with E-state index in [9.17, 15) is 13.2 Å². The van der Waals surface area contributed by atoms with Crippen molar-refractivity contribution < 1.29 is 21.8 Å². The van der Waals surface area contributed by atoms with Gasteiger partial charge in [0.25, 0.3) is 0 Å². The van der Waals surface area contributed by atoms with Crippen LogP contribution in [0, 0.1) is 0 Å². The van der Waals surface area contributed by atoms with E-state index in [0.717, 1.165) is 7.11 Å². The van der Waals surface area contributed by atoms with Gasteiger partial charge in [0, 0.05) is 0 Å². The summed E-state index contributed by atoms with van der Waals surface area (Å²) in [6.45, 7) is 6.51. The predicted molar refractivity (Wildman–Crippen MR) is 61.6 cm³/mol. The molecule has 0 fully saturated rings. The second-order valence-corrected chi connectivity index (χ2v) is 5.00. The summed E-state index contributed by atoms with van der Waals surface area (Å²) in [6.07, 6.45) is -0.951. The molecule has 0 aromatic rings. The van der Waals surface area contributed by atoms with Gasteiger partial charge in [0.2, 0.25) is 0 Å². The molecule has 0 bridgehead atoms. The highest BCUT2D eigenvalue weighted by atomic mass is 32.2. The number of hydrogen-bond acceptors (Lipinski definition) is 4. The molecule has 0 atom stereocenters. The van der Waals surface area contributed by atoms with Crippen molar-refractivity contribution >= 4 is 16.3 Å². The minimum absolute atomic E-state index is 0. The van der Waals surface area contributed by atoms with Crippen LogP contribution >= 0.6 is 0 Å². The number of carbonyl (C=O) groups is 1. The summed E-state index contributed by atoms with van der Waals surface area (Å²) >= 11 is 0. The molecule has 98 valence electrons. The molecular formula is C8H21N3O4S. The number of methoxy groups -OCH3 is 1. The van der Waals surface area contributed by atoms with E-state index in [-0.39, 0.29) is 10.0 Å². The third kappa shape index (κ3) is 3.32. The summed E-state index contributed by atoms with van der Waals surface area (Å²) in [4.78, 5) is 10.9. The normalized spacial score (nSPS) is 11.5. The first-order valence-electron chi connectivity index (χ1n) is 4.86. The van der Waals surface area contributed by atoms with Crippen molar-refractivity contribution in [1.29, 1.82) is 0 Å². The maximum Gasteiger partial charge on any atom is 0.424 e. The Morgan fingerprint density at radius 1 is 1.19 bits per heavy atom. The molecule has 0 aliphatic rings. The van der Waals surface area contributed by atoms with Gasteiger partial charge in [-0.2, -0.15) is 13.1 Å². The third-order valence-corrected chi connectivity index (χ3v) is 4.86. The lowest BCUT2D eigenvalue weighted by molar-refractivity contribution is -0.801. The van der Waals surface area contributed by atoms with Gasteiger partial charge in [-0.3, -0.25) is 0 Å². The van der Waals surface area contributed by atoms with Crippen LogP contribution in [0.4, 0.5) is 4.79 Å². The van der Waals surface area contributed by atoms with Gasteiger partial charge in [-0.05, 0) is 20.8 Å². The second-order valence-electron chi connectivity index (χ2n) is 3.08. The van der Waals surface area contributed by atoms with Crippen molar-refractivity contribution in [1.82, 2.24) is 4.72 Å². The smallest absolute Gasteiger partial charge is 0.424 e. The Balaban J connectivity index is 0. The van der Waals surface area contributed by atoms with Gasteiger partial charge in [-0.25, -0.2) is 8.68 Å². The average molecular weight is 255 g/mol. The first kappa shape index (κ1) is 17.5. The van der Waals surface area contributed by atoms with Crippen LogP contribution in [0.2, 0.25) is 0 Å². The van der Waals surface area contributed by atoms with Crippen LogP contribution in [0.15, 0.2) is 0 Å². The van der Waals surface area contributed by atoms with E-state index >= 15 is 0 Å². The van der Waals surface area contributed by atoms with Crippen LogP contribution in [-0.4, -0.2) is 45.1 Å². The molecule has 7 nitrogen and oxygen atoms in total. The summed E-state index contributed by atoms with van der Waals surface area (Å²) in [5, 5.41) is 0. The van der Waals surface area contributed by atoms with Gasteiger partial charge in [0.05, 0.1) is 26.7 Å². The lowest BCUT2D eigenvalue weighted by Crippen LogP contribution is -2.58. The molecule has 0 heterocycles. The Kier molecular flexibility index (Phi) is 7.30. The van der Waals surface area contributed by atoms with E-state index in [0.29, 0.717) is 19.6 Å². The Morgan fingerprint density at radius 3 is 1.81 bits per heavy atom. The molecule has 3 N–H and O–H groups in total. The molecule has 0 aromatic heterocycles.